The highest BCUT2D eigenvalue weighted by Gasteiger charge is 2.32. The number of hydrogen-bond acceptors (Lipinski definition) is 2. The van der Waals surface area contributed by atoms with Crippen LogP contribution in [0.4, 0.5) is 4.39 Å². The molecule has 3 heteroatoms. The average molecular weight is 265 g/mol. The highest BCUT2D eigenvalue weighted by atomic mass is 19.1. The topological polar surface area (TPSA) is 21.3 Å². The van der Waals surface area contributed by atoms with Gasteiger partial charge in [0.05, 0.1) is 13.2 Å². The maximum absolute atomic E-state index is 15.1. The van der Waals surface area contributed by atoms with Gasteiger partial charge in [-0.2, -0.15) is 0 Å². The summed E-state index contributed by atoms with van der Waals surface area (Å²) in [4.78, 5) is 0. The standard InChI is InChI=1S/C16H24FNO/c1-11-7-13(3)15(8-12(11)2)16(4,17)9-14-10-19-6-5-18-14/h7-8,14,18H,5-6,9-10H2,1-4H3. The first-order chi connectivity index (χ1) is 8.90. The van der Waals surface area contributed by atoms with Crippen molar-refractivity contribution in [3.63, 3.8) is 0 Å². The van der Waals surface area contributed by atoms with Gasteiger partial charge in [0.2, 0.25) is 0 Å². The number of alkyl halides is 1. The Labute approximate surface area is 115 Å². The minimum atomic E-state index is -1.32. The van der Waals surface area contributed by atoms with Crippen LogP contribution in [0.3, 0.4) is 0 Å². The third kappa shape index (κ3) is 3.34. The Kier molecular flexibility index (Phi) is 4.26. The SMILES string of the molecule is Cc1cc(C)c(C(C)(F)CC2COCCN2)cc1C. The van der Waals surface area contributed by atoms with Gasteiger partial charge in [0.25, 0.3) is 0 Å². The molecule has 1 aromatic carbocycles. The summed E-state index contributed by atoms with van der Waals surface area (Å²) < 4.78 is 20.5. The van der Waals surface area contributed by atoms with Crippen molar-refractivity contribution in [2.24, 2.45) is 0 Å². The van der Waals surface area contributed by atoms with Gasteiger partial charge < -0.3 is 10.1 Å². The first-order valence-corrected chi connectivity index (χ1v) is 6.98. The number of aryl methyl sites for hydroxylation is 3. The lowest BCUT2D eigenvalue weighted by atomic mass is 9.86. The summed E-state index contributed by atoms with van der Waals surface area (Å²) >= 11 is 0. The molecular weight excluding hydrogens is 241 g/mol. The van der Waals surface area contributed by atoms with Gasteiger partial charge in [-0.1, -0.05) is 12.1 Å². The Morgan fingerprint density at radius 1 is 1.26 bits per heavy atom. The molecule has 2 atom stereocenters. The molecular formula is C16H24FNO. The molecule has 1 aromatic rings. The van der Waals surface area contributed by atoms with E-state index in [4.69, 9.17) is 4.74 Å². The summed E-state index contributed by atoms with van der Waals surface area (Å²) in [5.41, 5.74) is 2.89. The monoisotopic (exact) mass is 265 g/mol. The maximum Gasteiger partial charge on any atom is 0.135 e. The van der Waals surface area contributed by atoms with Crippen molar-refractivity contribution in [3.8, 4) is 0 Å². The number of ether oxygens (including phenoxy) is 1. The van der Waals surface area contributed by atoms with Crippen molar-refractivity contribution in [2.75, 3.05) is 19.8 Å². The van der Waals surface area contributed by atoms with Gasteiger partial charge in [-0.3, -0.25) is 0 Å². The molecule has 1 fully saturated rings. The smallest absolute Gasteiger partial charge is 0.135 e. The second-order valence-electron chi connectivity index (χ2n) is 5.88. The lowest BCUT2D eigenvalue weighted by Crippen LogP contribution is -2.44. The average Bonchev–Trinajstić information content (AvgIpc) is 2.34. The normalized spacial score (nSPS) is 23.1. The van der Waals surface area contributed by atoms with E-state index in [1.165, 1.54) is 5.56 Å². The summed E-state index contributed by atoms with van der Waals surface area (Å²) in [5, 5.41) is 3.33. The van der Waals surface area contributed by atoms with Crippen LogP contribution in [0.1, 0.15) is 35.6 Å². The molecule has 0 amide bonds. The first kappa shape index (κ1) is 14.5. The van der Waals surface area contributed by atoms with Crippen LogP contribution in [0.5, 0.6) is 0 Å². The van der Waals surface area contributed by atoms with Crippen LogP contribution in [0.25, 0.3) is 0 Å². The molecule has 0 aromatic heterocycles. The van der Waals surface area contributed by atoms with Crippen LogP contribution in [-0.4, -0.2) is 25.8 Å². The highest BCUT2D eigenvalue weighted by Crippen LogP contribution is 2.34. The van der Waals surface area contributed by atoms with Crippen LogP contribution in [0.15, 0.2) is 12.1 Å². The fourth-order valence-electron chi connectivity index (χ4n) is 2.85. The lowest BCUT2D eigenvalue weighted by Gasteiger charge is -2.31. The van der Waals surface area contributed by atoms with E-state index < -0.39 is 5.67 Å². The summed E-state index contributed by atoms with van der Waals surface area (Å²) in [6, 6.07) is 4.17. The Bertz CT molecular complexity index is 450. The Morgan fingerprint density at radius 3 is 2.58 bits per heavy atom. The quantitative estimate of drug-likeness (QED) is 0.906. The molecule has 0 bridgehead atoms. The van der Waals surface area contributed by atoms with Crippen molar-refractivity contribution in [3.05, 3.63) is 34.4 Å². The molecule has 1 aliphatic heterocycles. The predicted octanol–water partition coefficient (Wildman–Crippen LogP) is 3.18. The molecule has 2 unspecified atom stereocenters. The molecule has 1 heterocycles. The van der Waals surface area contributed by atoms with Gasteiger partial charge in [0, 0.05) is 19.0 Å². The zero-order chi connectivity index (χ0) is 14.0. The van der Waals surface area contributed by atoms with E-state index in [-0.39, 0.29) is 6.04 Å². The van der Waals surface area contributed by atoms with Crippen LogP contribution in [-0.2, 0) is 10.4 Å². The number of benzene rings is 1. The van der Waals surface area contributed by atoms with E-state index in [1.54, 1.807) is 6.92 Å². The second kappa shape index (κ2) is 5.59. The molecule has 19 heavy (non-hydrogen) atoms. The highest BCUT2D eigenvalue weighted by molar-refractivity contribution is 5.39. The predicted molar refractivity (Wildman–Crippen MR) is 76.3 cm³/mol. The van der Waals surface area contributed by atoms with Gasteiger partial charge in [-0.25, -0.2) is 4.39 Å². The van der Waals surface area contributed by atoms with Gasteiger partial charge in [-0.15, -0.1) is 0 Å². The molecule has 2 nitrogen and oxygen atoms in total. The third-order valence-corrected chi connectivity index (χ3v) is 4.03. The zero-order valence-corrected chi connectivity index (χ0v) is 12.3. The number of morpholine rings is 1. The van der Waals surface area contributed by atoms with E-state index in [1.807, 2.05) is 19.9 Å². The summed E-state index contributed by atoms with van der Waals surface area (Å²) in [6.45, 7) is 9.91. The van der Waals surface area contributed by atoms with Gasteiger partial charge in [-0.05, 0) is 49.9 Å². The second-order valence-corrected chi connectivity index (χ2v) is 5.88. The molecule has 1 aliphatic rings. The lowest BCUT2D eigenvalue weighted by molar-refractivity contribution is 0.0473. The molecule has 106 valence electrons. The molecule has 0 radical (unpaired) electrons. The number of rotatable bonds is 3. The Morgan fingerprint density at radius 2 is 1.95 bits per heavy atom. The largest absolute Gasteiger partial charge is 0.379 e. The van der Waals surface area contributed by atoms with Crippen molar-refractivity contribution >= 4 is 0 Å². The number of nitrogens with one attached hydrogen (secondary N) is 1. The fraction of sp³-hybridized carbons (Fsp3) is 0.625. The minimum absolute atomic E-state index is 0.102. The van der Waals surface area contributed by atoms with E-state index in [9.17, 15) is 0 Å². The number of hydrogen-bond donors (Lipinski definition) is 1. The minimum Gasteiger partial charge on any atom is -0.379 e. The summed E-state index contributed by atoms with van der Waals surface area (Å²) in [7, 11) is 0. The Hall–Kier alpha value is -0.930. The van der Waals surface area contributed by atoms with Crippen molar-refractivity contribution in [1.82, 2.24) is 5.32 Å². The molecule has 1 saturated heterocycles. The molecule has 1 N–H and O–H groups in total. The molecule has 0 aliphatic carbocycles. The summed E-state index contributed by atoms with van der Waals surface area (Å²) in [6.07, 6.45) is 0.455. The molecule has 2 rings (SSSR count). The first-order valence-electron chi connectivity index (χ1n) is 6.98. The van der Waals surface area contributed by atoms with E-state index in [0.717, 1.165) is 29.8 Å². The molecule has 0 saturated carbocycles. The molecule has 0 spiro atoms. The van der Waals surface area contributed by atoms with E-state index in [0.29, 0.717) is 13.0 Å². The zero-order valence-electron chi connectivity index (χ0n) is 12.3. The Balaban J connectivity index is 2.20. The fourth-order valence-corrected chi connectivity index (χ4v) is 2.85. The van der Waals surface area contributed by atoms with Crippen LogP contribution in [0.2, 0.25) is 0 Å². The van der Waals surface area contributed by atoms with Gasteiger partial charge >= 0.3 is 0 Å². The maximum atomic E-state index is 15.1. The van der Waals surface area contributed by atoms with Crippen molar-refractivity contribution in [1.29, 1.82) is 0 Å². The van der Waals surface area contributed by atoms with Gasteiger partial charge in [0.1, 0.15) is 5.67 Å². The third-order valence-electron chi connectivity index (χ3n) is 4.03. The number of halogens is 1. The summed E-state index contributed by atoms with van der Waals surface area (Å²) in [5.74, 6) is 0. The van der Waals surface area contributed by atoms with Crippen molar-refractivity contribution in [2.45, 2.75) is 45.8 Å². The van der Waals surface area contributed by atoms with Crippen molar-refractivity contribution < 1.29 is 9.13 Å². The van der Waals surface area contributed by atoms with E-state index in [2.05, 4.69) is 18.3 Å². The van der Waals surface area contributed by atoms with Crippen LogP contribution in [0, 0.1) is 20.8 Å². The van der Waals surface area contributed by atoms with Crippen LogP contribution >= 0.6 is 0 Å². The van der Waals surface area contributed by atoms with Crippen LogP contribution < -0.4 is 5.32 Å². The van der Waals surface area contributed by atoms with Gasteiger partial charge in [0.15, 0.2) is 0 Å². The van der Waals surface area contributed by atoms with E-state index >= 15 is 4.39 Å².